The summed E-state index contributed by atoms with van der Waals surface area (Å²) in [5, 5.41) is 45.8. The molecule has 1 aliphatic heterocycles. The van der Waals surface area contributed by atoms with Crippen LogP contribution < -0.4 is 0 Å². The summed E-state index contributed by atoms with van der Waals surface area (Å²) in [5.41, 5.74) is -6.62. The second kappa shape index (κ2) is 10.4. The number of aliphatic hydroxyl groups is 4. The van der Waals surface area contributed by atoms with Crippen molar-refractivity contribution in [1.82, 2.24) is 0 Å². The lowest BCUT2D eigenvalue weighted by molar-refractivity contribution is -0.327. The lowest BCUT2D eigenvalue weighted by Crippen LogP contribution is -2.80. The third kappa shape index (κ3) is 4.31. The van der Waals surface area contributed by atoms with Gasteiger partial charge in [-0.1, -0.05) is 91.0 Å². The van der Waals surface area contributed by atoms with Crippen LogP contribution in [-0.2, 0) is 14.3 Å². The number of carbonyl (C=O) groups excluding carboxylic acids is 3. The van der Waals surface area contributed by atoms with Crippen LogP contribution in [0.4, 0.5) is 0 Å². The summed E-state index contributed by atoms with van der Waals surface area (Å²) in [7, 11) is 1.04. The quantitative estimate of drug-likeness (QED) is 0.331. The van der Waals surface area contributed by atoms with Crippen LogP contribution in [0.2, 0.25) is 0 Å². The second-order valence-corrected chi connectivity index (χ2v) is 8.71. The molecule has 37 heavy (non-hydrogen) atoms. The Morgan fingerprint density at radius 3 is 1.68 bits per heavy atom. The van der Waals surface area contributed by atoms with Gasteiger partial charge in [-0.15, -0.1) is 0 Å². The van der Waals surface area contributed by atoms with Crippen molar-refractivity contribution in [3.63, 3.8) is 0 Å². The molecule has 3 aromatic carbocycles. The molecule has 1 fully saturated rings. The van der Waals surface area contributed by atoms with Gasteiger partial charge in [-0.05, 0) is 5.56 Å². The van der Waals surface area contributed by atoms with E-state index in [1.54, 1.807) is 30.3 Å². The van der Waals surface area contributed by atoms with E-state index in [9.17, 15) is 34.8 Å². The zero-order valence-electron chi connectivity index (χ0n) is 19.8. The lowest BCUT2D eigenvalue weighted by atomic mass is 9.66. The molecule has 9 heteroatoms. The second-order valence-electron chi connectivity index (χ2n) is 8.71. The molecule has 0 spiro atoms. The maximum atomic E-state index is 13.7. The highest BCUT2D eigenvalue weighted by Crippen LogP contribution is 2.44. The molecule has 192 valence electrons. The molecule has 0 radical (unpaired) electrons. The molecule has 6 atom stereocenters. The first-order valence-corrected chi connectivity index (χ1v) is 11.5. The smallest absolute Gasteiger partial charge is 0.217 e. The molecular weight excluding hydrogens is 480 g/mol. The summed E-state index contributed by atoms with van der Waals surface area (Å²) in [6.07, 6.45) is -8.43. The van der Waals surface area contributed by atoms with Gasteiger partial charge >= 0.3 is 0 Å². The fourth-order valence-electron chi connectivity index (χ4n) is 4.54. The molecular formula is C28H26O9. The summed E-state index contributed by atoms with van der Waals surface area (Å²) in [6, 6.07) is 22.2. The Labute approximate surface area is 212 Å². The summed E-state index contributed by atoms with van der Waals surface area (Å²) in [6.45, 7) is 0. The molecule has 9 nitrogen and oxygen atoms in total. The van der Waals surface area contributed by atoms with E-state index in [0.717, 1.165) is 7.11 Å². The van der Waals surface area contributed by atoms with Gasteiger partial charge in [0.15, 0.2) is 23.8 Å². The minimum Gasteiger partial charge on any atom is -0.386 e. The Hall–Kier alpha value is -3.57. The monoisotopic (exact) mass is 506 g/mol. The van der Waals surface area contributed by atoms with E-state index in [1.165, 1.54) is 60.7 Å². The molecule has 1 unspecified atom stereocenters. The minimum atomic E-state index is -3.32. The SMILES string of the molecule is CO[C@H]1O[C@H](C(=O)C(O)c2ccccc2)[C@H](O)[C@@](O)(C(=O)c2ccccc2)[C@]1(O)C(=O)c1ccccc1. The van der Waals surface area contributed by atoms with Crippen molar-refractivity contribution in [1.29, 1.82) is 0 Å². The van der Waals surface area contributed by atoms with Gasteiger partial charge in [-0.25, -0.2) is 0 Å². The number of hydrogen-bond acceptors (Lipinski definition) is 9. The van der Waals surface area contributed by atoms with Crippen molar-refractivity contribution >= 4 is 17.3 Å². The molecule has 4 N–H and O–H groups in total. The minimum absolute atomic E-state index is 0.115. The van der Waals surface area contributed by atoms with Gasteiger partial charge in [0.2, 0.25) is 17.2 Å². The fraction of sp³-hybridized carbons (Fsp3) is 0.250. The van der Waals surface area contributed by atoms with Crippen molar-refractivity contribution in [3.05, 3.63) is 108 Å². The van der Waals surface area contributed by atoms with Gasteiger partial charge in [-0.3, -0.25) is 14.4 Å². The van der Waals surface area contributed by atoms with E-state index in [2.05, 4.69) is 0 Å². The van der Waals surface area contributed by atoms with E-state index >= 15 is 0 Å². The van der Waals surface area contributed by atoms with E-state index in [0.29, 0.717) is 0 Å². The number of aliphatic hydroxyl groups excluding tert-OH is 2. The number of rotatable bonds is 8. The number of hydrogen-bond donors (Lipinski definition) is 4. The number of ketones is 3. The summed E-state index contributed by atoms with van der Waals surface area (Å²) in [4.78, 5) is 40.7. The maximum absolute atomic E-state index is 13.7. The first-order valence-electron chi connectivity index (χ1n) is 11.5. The summed E-state index contributed by atoms with van der Waals surface area (Å²) < 4.78 is 10.7. The van der Waals surface area contributed by atoms with E-state index in [4.69, 9.17) is 9.47 Å². The molecule has 0 amide bonds. The topological polar surface area (TPSA) is 151 Å². The first kappa shape index (κ1) is 26.5. The number of carbonyl (C=O) groups is 3. The van der Waals surface area contributed by atoms with Crippen LogP contribution in [0.3, 0.4) is 0 Å². The van der Waals surface area contributed by atoms with Crippen molar-refractivity contribution in [2.24, 2.45) is 0 Å². The molecule has 0 saturated carbocycles. The molecule has 3 aromatic rings. The zero-order chi connectivity index (χ0) is 26.8. The Balaban J connectivity index is 1.87. The van der Waals surface area contributed by atoms with Crippen molar-refractivity contribution in [2.75, 3.05) is 7.11 Å². The van der Waals surface area contributed by atoms with Gasteiger partial charge in [0.1, 0.15) is 12.2 Å². The molecule has 0 aliphatic carbocycles. The highest BCUT2D eigenvalue weighted by atomic mass is 16.7. The van der Waals surface area contributed by atoms with Crippen LogP contribution in [0.1, 0.15) is 32.4 Å². The predicted molar refractivity (Wildman–Crippen MR) is 130 cm³/mol. The van der Waals surface area contributed by atoms with Crippen LogP contribution in [0.15, 0.2) is 91.0 Å². The largest absolute Gasteiger partial charge is 0.386 e. The van der Waals surface area contributed by atoms with E-state index < -0.39 is 53.2 Å². The molecule has 0 bridgehead atoms. The standard InChI is InChI=1S/C28H26O9/c1-36-26-28(35,24(32)19-15-9-4-10-16-19)27(34,23(31)18-13-7-3-8-14-18)25(33)22(37-26)21(30)20(29)17-11-5-2-6-12-17/h2-16,20,22,25-26,29,33-35H,1H3/t20?,22-,25+,26+,27+,28+/m1/s1. The summed E-state index contributed by atoms with van der Waals surface area (Å²) in [5.74, 6) is -3.54. The number of Topliss-reactive ketones (excluding diaryl/α,β-unsaturated/α-hetero) is 3. The molecule has 0 aromatic heterocycles. The fourth-order valence-corrected chi connectivity index (χ4v) is 4.54. The van der Waals surface area contributed by atoms with Crippen LogP contribution in [0, 0.1) is 0 Å². The molecule has 1 aliphatic rings. The third-order valence-corrected chi connectivity index (χ3v) is 6.55. The summed E-state index contributed by atoms with van der Waals surface area (Å²) >= 11 is 0. The van der Waals surface area contributed by atoms with E-state index in [1.807, 2.05) is 0 Å². The van der Waals surface area contributed by atoms with Crippen LogP contribution in [-0.4, -0.2) is 74.6 Å². The first-order chi connectivity index (χ1) is 17.7. The highest BCUT2D eigenvalue weighted by molar-refractivity contribution is 6.13. The Morgan fingerprint density at radius 1 is 0.784 bits per heavy atom. The van der Waals surface area contributed by atoms with E-state index in [-0.39, 0.29) is 16.7 Å². The van der Waals surface area contributed by atoms with Crippen molar-refractivity contribution in [3.8, 4) is 0 Å². The Bertz CT molecular complexity index is 1260. The predicted octanol–water partition coefficient (Wildman–Crippen LogP) is 1.25. The Morgan fingerprint density at radius 2 is 1.22 bits per heavy atom. The van der Waals surface area contributed by atoms with Crippen LogP contribution >= 0.6 is 0 Å². The van der Waals surface area contributed by atoms with Gasteiger partial charge < -0.3 is 29.9 Å². The van der Waals surface area contributed by atoms with Crippen molar-refractivity contribution in [2.45, 2.75) is 35.8 Å². The van der Waals surface area contributed by atoms with Gasteiger partial charge in [0.05, 0.1) is 0 Å². The average Bonchev–Trinajstić information content (AvgIpc) is 2.95. The van der Waals surface area contributed by atoms with Gasteiger partial charge in [0, 0.05) is 18.2 Å². The van der Waals surface area contributed by atoms with Crippen molar-refractivity contribution < 1.29 is 44.3 Å². The zero-order valence-corrected chi connectivity index (χ0v) is 19.8. The third-order valence-electron chi connectivity index (χ3n) is 6.55. The number of benzene rings is 3. The van der Waals surface area contributed by atoms with Crippen LogP contribution in [0.25, 0.3) is 0 Å². The van der Waals surface area contributed by atoms with Crippen LogP contribution in [0.5, 0.6) is 0 Å². The maximum Gasteiger partial charge on any atom is 0.217 e. The molecule has 4 rings (SSSR count). The number of ether oxygens (including phenoxy) is 2. The average molecular weight is 507 g/mol. The molecule has 1 heterocycles. The normalized spacial score (nSPS) is 28.3. The van der Waals surface area contributed by atoms with Gasteiger partial charge in [0.25, 0.3) is 0 Å². The lowest BCUT2D eigenvalue weighted by Gasteiger charge is -2.52. The Kier molecular flexibility index (Phi) is 7.47. The number of methoxy groups -OCH3 is 1. The molecule has 1 saturated heterocycles. The van der Waals surface area contributed by atoms with Gasteiger partial charge in [-0.2, -0.15) is 0 Å². The highest BCUT2D eigenvalue weighted by Gasteiger charge is 2.73.